The molecular weight excluding hydrogens is 462 g/mol. The van der Waals surface area contributed by atoms with Crippen LogP contribution in [0.2, 0.25) is 0 Å². The van der Waals surface area contributed by atoms with Crippen molar-refractivity contribution < 1.29 is 0 Å². The summed E-state index contributed by atoms with van der Waals surface area (Å²) in [6.45, 7) is 0. The fourth-order valence-electron chi connectivity index (χ4n) is 5.09. The van der Waals surface area contributed by atoms with Crippen molar-refractivity contribution in [3.63, 3.8) is 0 Å². The summed E-state index contributed by atoms with van der Waals surface area (Å²) in [6.07, 6.45) is 1.81. The summed E-state index contributed by atoms with van der Waals surface area (Å²) in [6, 6.07) is 46.0. The van der Waals surface area contributed by atoms with Crippen molar-refractivity contribution in [3.05, 3.63) is 140 Å². The molecule has 0 fully saturated rings. The lowest BCUT2D eigenvalue weighted by Crippen LogP contribution is -1.96. The highest BCUT2D eigenvalue weighted by Gasteiger charge is 2.17. The first-order chi connectivity index (χ1) is 18.8. The van der Waals surface area contributed by atoms with E-state index in [0.717, 1.165) is 66.7 Å². The van der Waals surface area contributed by atoms with Crippen molar-refractivity contribution in [3.8, 4) is 44.9 Å². The number of pyridine rings is 3. The molecular formula is C35H23N3. The number of nitrogens with zero attached hydrogens (tertiary/aromatic N) is 3. The zero-order chi connectivity index (χ0) is 25.3. The smallest absolute Gasteiger partial charge is 0.0979 e. The highest BCUT2D eigenvalue weighted by atomic mass is 14.8. The molecule has 0 atom stereocenters. The molecule has 3 nitrogen and oxygen atoms in total. The Bertz CT molecular complexity index is 1740. The van der Waals surface area contributed by atoms with E-state index in [1.54, 1.807) is 0 Å². The van der Waals surface area contributed by atoms with Crippen molar-refractivity contribution in [1.82, 2.24) is 15.0 Å². The summed E-state index contributed by atoms with van der Waals surface area (Å²) in [5.74, 6) is 0. The summed E-state index contributed by atoms with van der Waals surface area (Å²) < 4.78 is 0. The van der Waals surface area contributed by atoms with Gasteiger partial charge < -0.3 is 0 Å². The van der Waals surface area contributed by atoms with Gasteiger partial charge in [0.1, 0.15) is 0 Å². The molecule has 7 aromatic rings. The number of hydrogen-bond acceptors (Lipinski definition) is 3. The lowest BCUT2D eigenvalue weighted by Gasteiger charge is -2.15. The van der Waals surface area contributed by atoms with Gasteiger partial charge in [-0.15, -0.1) is 0 Å². The minimum absolute atomic E-state index is 0.831. The molecule has 38 heavy (non-hydrogen) atoms. The van der Waals surface area contributed by atoms with Gasteiger partial charge in [-0.1, -0.05) is 109 Å². The molecule has 0 aliphatic rings. The minimum atomic E-state index is 0.831. The molecule has 0 amide bonds. The highest BCUT2D eigenvalue weighted by Crippen LogP contribution is 2.39. The molecule has 0 bridgehead atoms. The Balaban J connectivity index is 1.62. The second-order valence-corrected chi connectivity index (χ2v) is 9.28. The van der Waals surface area contributed by atoms with Crippen molar-refractivity contribution in [2.75, 3.05) is 0 Å². The van der Waals surface area contributed by atoms with Crippen LogP contribution in [0.25, 0.3) is 66.7 Å². The van der Waals surface area contributed by atoms with Crippen molar-refractivity contribution in [2.45, 2.75) is 0 Å². The van der Waals surface area contributed by atoms with Gasteiger partial charge in [0, 0.05) is 22.5 Å². The lowest BCUT2D eigenvalue weighted by atomic mass is 9.94. The predicted molar refractivity (Wildman–Crippen MR) is 157 cm³/mol. The van der Waals surface area contributed by atoms with Gasteiger partial charge in [0.05, 0.1) is 28.1 Å². The molecule has 0 unspecified atom stereocenters. The maximum atomic E-state index is 5.25. The van der Waals surface area contributed by atoms with Crippen LogP contribution in [0.5, 0.6) is 0 Å². The molecule has 7 rings (SSSR count). The molecule has 0 N–H and O–H groups in total. The zero-order valence-electron chi connectivity index (χ0n) is 20.6. The molecule has 0 saturated heterocycles. The summed E-state index contributed by atoms with van der Waals surface area (Å²) in [7, 11) is 0. The van der Waals surface area contributed by atoms with Crippen LogP contribution in [0.15, 0.2) is 140 Å². The Hall–Kier alpha value is -5.15. The standard InChI is InChI=1S/C35H23N3/c1-4-12-24(13-5-1)29-22-32(26-16-8-3-9-17-26)37-34-27(29)19-20-28-30(25-14-6-2-7-15-25)23-33(38-35(28)34)31-18-10-11-21-36-31/h1-23H. The van der Waals surface area contributed by atoms with E-state index in [4.69, 9.17) is 9.97 Å². The Morgan fingerprint density at radius 2 is 0.842 bits per heavy atom. The van der Waals surface area contributed by atoms with Crippen LogP contribution >= 0.6 is 0 Å². The number of rotatable bonds is 4. The predicted octanol–water partition coefficient (Wildman–Crippen LogP) is 8.85. The van der Waals surface area contributed by atoms with Gasteiger partial charge in [-0.05, 0) is 46.5 Å². The fraction of sp³-hybridized carbons (Fsp3) is 0. The topological polar surface area (TPSA) is 38.7 Å². The Kier molecular flexibility index (Phi) is 5.45. The first-order valence-electron chi connectivity index (χ1n) is 12.7. The van der Waals surface area contributed by atoms with Gasteiger partial charge in [0.2, 0.25) is 0 Å². The van der Waals surface area contributed by atoms with E-state index in [1.807, 2.05) is 42.6 Å². The third-order valence-electron chi connectivity index (χ3n) is 6.92. The maximum absolute atomic E-state index is 5.25. The quantitative estimate of drug-likeness (QED) is 0.234. The Morgan fingerprint density at radius 3 is 1.37 bits per heavy atom. The second kappa shape index (κ2) is 9.38. The fourth-order valence-corrected chi connectivity index (χ4v) is 5.09. The third-order valence-corrected chi connectivity index (χ3v) is 6.92. The van der Waals surface area contributed by atoms with Crippen LogP contribution in [-0.4, -0.2) is 15.0 Å². The summed E-state index contributed by atoms with van der Waals surface area (Å²) in [5, 5.41) is 2.15. The molecule has 3 heterocycles. The molecule has 3 heteroatoms. The molecule has 0 aliphatic carbocycles. The van der Waals surface area contributed by atoms with Gasteiger partial charge in [-0.3, -0.25) is 4.98 Å². The maximum Gasteiger partial charge on any atom is 0.0979 e. The molecule has 0 saturated carbocycles. The van der Waals surface area contributed by atoms with E-state index < -0.39 is 0 Å². The van der Waals surface area contributed by atoms with Gasteiger partial charge in [-0.2, -0.15) is 0 Å². The second-order valence-electron chi connectivity index (χ2n) is 9.28. The van der Waals surface area contributed by atoms with E-state index in [0.29, 0.717) is 0 Å². The van der Waals surface area contributed by atoms with Crippen LogP contribution in [0.4, 0.5) is 0 Å². The van der Waals surface area contributed by atoms with E-state index in [1.165, 1.54) is 0 Å². The highest BCUT2D eigenvalue weighted by molar-refractivity contribution is 6.13. The Labute approximate surface area is 221 Å². The van der Waals surface area contributed by atoms with Crippen LogP contribution < -0.4 is 0 Å². The first kappa shape index (κ1) is 22.1. The molecule has 3 aromatic heterocycles. The van der Waals surface area contributed by atoms with Gasteiger partial charge >= 0.3 is 0 Å². The lowest BCUT2D eigenvalue weighted by molar-refractivity contribution is 1.27. The SMILES string of the molecule is c1ccc(-c2cc(-c3ccccc3)c3ccc4c(-c5ccccc5)cc(-c5ccccn5)nc4c3n2)cc1. The minimum Gasteiger partial charge on any atom is -0.255 e. The van der Waals surface area contributed by atoms with Gasteiger partial charge in [0.15, 0.2) is 0 Å². The molecule has 0 aliphatic heterocycles. The van der Waals surface area contributed by atoms with Crippen molar-refractivity contribution in [1.29, 1.82) is 0 Å². The monoisotopic (exact) mass is 485 g/mol. The number of fused-ring (bicyclic) bond motifs is 3. The summed E-state index contributed by atoms with van der Waals surface area (Å²) in [5.41, 5.74) is 9.98. The summed E-state index contributed by atoms with van der Waals surface area (Å²) >= 11 is 0. The van der Waals surface area contributed by atoms with Crippen LogP contribution in [0, 0.1) is 0 Å². The molecule has 0 spiro atoms. The van der Waals surface area contributed by atoms with Crippen molar-refractivity contribution >= 4 is 21.8 Å². The zero-order valence-corrected chi connectivity index (χ0v) is 20.6. The number of hydrogen-bond donors (Lipinski definition) is 0. The normalized spacial score (nSPS) is 11.2. The van der Waals surface area contributed by atoms with E-state index >= 15 is 0 Å². The third kappa shape index (κ3) is 3.91. The number of aromatic nitrogens is 3. The van der Waals surface area contributed by atoms with Gasteiger partial charge in [0.25, 0.3) is 0 Å². The largest absolute Gasteiger partial charge is 0.255 e. The average molecular weight is 486 g/mol. The van der Waals surface area contributed by atoms with E-state index in [-0.39, 0.29) is 0 Å². The molecule has 4 aromatic carbocycles. The van der Waals surface area contributed by atoms with Crippen LogP contribution in [-0.2, 0) is 0 Å². The Morgan fingerprint density at radius 1 is 0.368 bits per heavy atom. The average Bonchev–Trinajstić information content (AvgIpc) is 3.01. The van der Waals surface area contributed by atoms with E-state index in [9.17, 15) is 0 Å². The first-order valence-corrected chi connectivity index (χ1v) is 12.7. The summed E-state index contributed by atoms with van der Waals surface area (Å²) in [4.78, 5) is 15.1. The van der Waals surface area contributed by atoms with E-state index in [2.05, 4.69) is 102 Å². The van der Waals surface area contributed by atoms with Crippen LogP contribution in [0.3, 0.4) is 0 Å². The molecule has 0 radical (unpaired) electrons. The molecule has 178 valence electrons. The van der Waals surface area contributed by atoms with Crippen molar-refractivity contribution in [2.24, 2.45) is 0 Å². The number of benzene rings is 4. The van der Waals surface area contributed by atoms with Gasteiger partial charge in [-0.25, -0.2) is 9.97 Å². The van der Waals surface area contributed by atoms with Crippen LogP contribution in [0.1, 0.15) is 0 Å².